The van der Waals surface area contributed by atoms with E-state index in [1.54, 1.807) is 6.92 Å². The number of nitrogens with zero attached hydrogens (tertiary/aromatic N) is 1. The van der Waals surface area contributed by atoms with Crippen molar-refractivity contribution in [3.63, 3.8) is 0 Å². The molecule has 0 saturated carbocycles. The molecular weight excluding hydrogens is 365 g/mol. The zero-order chi connectivity index (χ0) is 14.7. The molecule has 1 aromatic carbocycles. The average Bonchev–Trinajstić information content (AvgIpc) is 2.65. The third-order valence-corrected chi connectivity index (χ3v) is 5.30. The molecule has 0 aliphatic heterocycles. The van der Waals surface area contributed by atoms with Gasteiger partial charge < -0.3 is 5.11 Å². The normalized spacial score (nSPS) is 10.8. The van der Waals surface area contributed by atoms with Crippen molar-refractivity contribution in [2.24, 2.45) is 0 Å². The number of aromatic nitrogens is 1. The third-order valence-electron chi connectivity index (χ3n) is 2.47. The summed E-state index contributed by atoms with van der Waals surface area (Å²) in [6.45, 7) is 1.80. The predicted octanol–water partition coefficient (Wildman–Crippen LogP) is 4.27. The molecular formula is C13H11BrFNO2S2. The number of thiazole rings is 1. The fourth-order valence-corrected chi connectivity index (χ4v) is 4.27. The van der Waals surface area contributed by atoms with E-state index in [1.165, 1.54) is 35.2 Å². The van der Waals surface area contributed by atoms with Crippen LogP contribution in [0.1, 0.15) is 16.1 Å². The van der Waals surface area contributed by atoms with Gasteiger partial charge in [-0.05, 0) is 30.7 Å². The van der Waals surface area contributed by atoms with Crippen LogP contribution in [0.2, 0.25) is 0 Å². The van der Waals surface area contributed by atoms with Crippen LogP contribution in [0.4, 0.5) is 4.39 Å². The molecule has 0 fully saturated rings. The van der Waals surface area contributed by atoms with Crippen molar-refractivity contribution < 1.29 is 14.3 Å². The zero-order valence-corrected chi connectivity index (χ0v) is 13.7. The summed E-state index contributed by atoms with van der Waals surface area (Å²) in [6.07, 6.45) is -0.00439. The summed E-state index contributed by atoms with van der Waals surface area (Å²) in [4.78, 5) is 15.8. The molecule has 0 radical (unpaired) electrons. The van der Waals surface area contributed by atoms with E-state index in [2.05, 4.69) is 20.9 Å². The van der Waals surface area contributed by atoms with E-state index >= 15 is 0 Å². The maximum absolute atomic E-state index is 13.2. The topological polar surface area (TPSA) is 50.2 Å². The Morgan fingerprint density at radius 3 is 2.90 bits per heavy atom. The highest BCUT2D eigenvalue weighted by atomic mass is 79.9. The summed E-state index contributed by atoms with van der Waals surface area (Å²) in [7, 11) is 0. The molecule has 0 saturated heterocycles. The molecule has 0 aliphatic rings. The van der Waals surface area contributed by atoms with Gasteiger partial charge in [-0.3, -0.25) is 4.79 Å². The highest BCUT2D eigenvalue weighted by Crippen LogP contribution is 2.30. The van der Waals surface area contributed by atoms with E-state index in [0.717, 1.165) is 20.5 Å². The Labute approximate surface area is 132 Å². The summed E-state index contributed by atoms with van der Waals surface area (Å²) in [6, 6.07) is 4.75. The number of benzene rings is 1. The van der Waals surface area contributed by atoms with E-state index < -0.39 is 5.97 Å². The van der Waals surface area contributed by atoms with E-state index in [0.29, 0.717) is 10.2 Å². The van der Waals surface area contributed by atoms with Crippen molar-refractivity contribution in [2.75, 3.05) is 0 Å². The van der Waals surface area contributed by atoms with Gasteiger partial charge in [-0.15, -0.1) is 11.3 Å². The van der Waals surface area contributed by atoms with Crippen molar-refractivity contribution >= 4 is 45.0 Å². The lowest BCUT2D eigenvalue weighted by molar-refractivity contribution is -0.136. The Morgan fingerprint density at radius 1 is 1.50 bits per heavy atom. The summed E-state index contributed by atoms with van der Waals surface area (Å²) in [5, 5.41) is 8.79. The molecule has 0 amide bonds. The molecule has 0 unspecified atom stereocenters. The molecule has 106 valence electrons. The fraction of sp³-hybridized carbons (Fsp3) is 0.231. The molecule has 3 nitrogen and oxygen atoms in total. The van der Waals surface area contributed by atoms with Gasteiger partial charge in [0.15, 0.2) is 4.34 Å². The summed E-state index contributed by atoms with van der Waals surface area (Å²) >= 11 is 6.12. The van der Waals surface area contributed by atoms with Crippen LogP contribution in [-0.2, 0) is 17.0 Å². The van der Waals surface area contributed by atoms with Gasteiger partial charge in [-0.25, -0.2) is 9.37 Å². The maximum Gasteiger partial charge on any atom is 0.308 e. The molecule has 0 bridgehead atoms. The molecule has 20 heavy (non-hydrogen) atoms. The first-order valence-corrected chi connectivity index (χ1v) is 8.29. The second-order valence-corrected chi connectivity index (χ2v) is 7.35. The van der Waals surface area contributed by atoms with Gasteiger partial charge in [-0.1, -0.05) is 27.7 Å². The van der Waals surface area contributed by atoms with Crippen LogP contribution in [0.15, 0.2) is 27.0 Å². The highest BCUT2D eigenvalue weighted by Gasteiger charge is 2.11. The lowest BCUT2D eigenvalue weighted by atomic mass is 10.2. The molecule has 1 N–H and O–H groups in total. The first-order chi connectivity index (χ1) is 9.44. The average molecular weight is 376 g/mol. The van der Waals surface area contributed by atoms with Gasteiger partial charge in [0.2, 0.25) is 0 Å². The SMILES string of the molecule is Cc1nc(SCc2cc(F)cc(Br)c2)sc1CC(=O)O. The zero-order valence-electron chi connectivity index (χ0n) is 10.5. The van der Waals surface area contributed by atoms with Crippen LogP contribution >= 0.6 is 39.0 Å². The van der Waals surface area contributed by atoms with Gasteiger partial charge in [-0.2, -0.15) is 0 Å². The molecule has 0 aliphatic carbocycles. The van der Waals surface area contributed by atoms with Gasteiger partial charge in [0, 0.05) is 15.1 Å². The van der Waals surface area contributed by atoms with E-state index in [4.69, 9.17) is 5.11 Å². The van der Waals surface area contributed by atoms with E-state index in [9.17, 15) is 9.18 Å². The second-order valence-electron chi connectivity index (χ2n) is 4.13. The first kappa shape index (κ1) is 15.5. The van der Waals surface area contributed by atoms with Gasteiger partial charge in [0.1, 0.15) is 5.82 Å². The van der Waals surface area contributed by atoms with E-state index in [1.807, 2.05) is 6.07 Å². The van der Waals surface area contributed by atoms with Crippen LogP contribution in [0.3, 0.4) is 0 Å². The van der Waals surface area contributed by atoms with Crippen LogP contribution in [0.25, 0.3) is 0 Å². The Bertz CT molecular complexity index is 625. The minimum absolute atomic E-state index is 0.00439. The number of aryl methyl sites for hydroxylation is 1. The number of thioether (sulfide) groups is 1. The van der Waals surface area contributed by atoms with Crippen molar-refractivity contribution in [3.8, 4) is 0 Å². The Kier molecular flexibility index (Phi) is 5.17. The van der Waals surface area contributed by atoms with Crippen molar-refractivity contribution in [2.45, 2.75) is 23.4 Å². The molecule has 0 atom stereocenters. The number of rotatable bonds is 5. The Hall–Kier alpha value is -0.920. The summed E-state index contributed by atoms with van der Waals surface area (Å²) < 4.78 is 14.8. The largest absolute Gasteiger partial charge is 0.481 e. The van der Waals surface area contributed by atoms with Crippen LogP contribution in [0, 0.1) is 12.7 Å². The minimum Gasteiger partial charge on any atom is -0.481 e. The lowest BCUT2D eigenvalue weighted by Gasteiger charge is -2.00. The van der Waals surface area contributed by atoms with Crippen molar-refractivity contribution in [1.82, 2.24) is 4.98 Å². The maximum atomic E-state index is 13.2. The van der Waals surface area contributed by atoms with Crippen LogP contribution in [-0.4, -0.2) is 16.1 Å². The van der Waals surface area contributed by atoms with Crippen molar-refractivity contribution in [1.29, 1.82) is 0 Å². The monoisotopic (exact) mass is 375 g/mol. The van der Waals surface area contributed by atoms with Crippen LogP contribution in [0.5, 0.6) is 0 Å². The van der Waals surface area contributed by atoms with Gasteiger partial charge >= 0.3 is 5.97 Å². The smallest absolute Gasteiger partial charge is 0.308 e. The summed E-state index contributed by atoms with van der Waals surface area (Å²) in [5.74, 6) is -0.547. The quantitative estimate of drug-likeness (QED) is 0.792. The van der Waals surface area contributed by atoms with E-state index in [-0.39, 0.29) is 12.2 Å². The minimum atomic E-state index is -0.859. The number of hydrogen-bond acceptors (Lipinski definition) is 4. The predicted molar refractivity (Wildman–Crippen MR) is 81.9 cm³/mol. The van der Waals surface area contributed by atoms with Gasteiger partial charge in [0.25, 0.3) is 0 Å². The summed E-state index contributed by atoms with van der Waals surface area (Å²) in [5.41, 5.74) is 1.61. The van der Waals surface area contributed by atoms with Crippen molar-refractivity contribution in [3.05, 3.63) is 44.6 Å². The van der Waals surface area contributed by atoms with Gasteiger partial charge in [0.05, 0.1) is 12.1 Å². The molecule has 2 rings (SSSR count). The molecule has 7 heteroatoms. The molecule has 2 aromatic rings. The molecule has 0 spiro atoms. The number of carboxylic acids is 1. The number of carbonyl (C=O) groups is 1. The second kappa shape index (κ2) is 6.69. The number of aliphatic carboxylic acids is 1. The third kappa shape index (κ3) is 4.29. The highest BCUT2D eigenvalue weighted by molar-refractivity contribution is 9.10. The van der Waals surface area contributed by atoms with Crippen LogP contribution < -0.4 is 0 Å². The molecule has 1 heterocycles. The Balaban J connectivity index is 2.05. The number of halogens is 2. The Morgan fingerprint density at radius 2 is 2.25 bits per heavy atom. The standard InChI is InChI=1S/C13H11BrFNO2S2/c1-7-11(5-12(17)18)20-13(16-7)19-6-8-2-9(14)4-10(15)3-8/h2-4H,5-6H2,1H3,(H,17,18). The first-order valence-electron chi connectivity index (χ1n) is 5.70. The lowest BCUT2D eigenvalue weighted by Crippen LogP contribution is -1.99. The number of hydrogen-bond donors (Lipinski definition) is 1. The fourth-order valence-electron chi connectivity index (χ4n) is 1.60. The number of carboxylic acid groups (broad SMARTS) is 1. The molecule has 1 aromatic heterocycles.